The first-order valence-corrected chi connectivity index (χ1v) is 7.42. The summed E-state index contributed by atoms with van der Waals surface area (Å²) in [5.74, 6) is -2.58. The highest BCUT2D eigenvalue weighted by Crippen LogP contribution is 2.43. The van der Waals surface area contributed by atoms with Crippen molar-refractivity contribution in [3.63, 3.8) is 0 Å². The number of nitrogens with zero attached hydrogens (tertiary/aromatic N) is 3. The molecule has 1 aliphatic rings. The summed E-state index contributed by atoms with van der Waals surface area (Å²) in [6.45, 7) is 1.37. The number of pyridine rings is 1. The fourth-order valence-corrected chi connectivity index (χ4v) is 2.66. The molecule has 8 heteroatoms. The molecule has 0 unspecified atom stereocenters. The molecule has 5 nitrogen and oxygen atoms in total. The average molecular weight is 347 g/mol. The molecule has 0 aliphatic carbocycles. The van der Waals surface area contributed by atoms with Crippen molar-refractivity contribution in [2.45, 2.75) is 26.0 Å². The number of carbonyl (C=O) groups is 1. The van der Waals surface area contributed by atoms with Crippen LogP contribution in [0.4, 0.5) is 18.9 Å². The van der Waals surface area contributed by atoms with Crippen molar-refractivity contribution in [1.82, 2.24) is 4.98 Å². The summed E-state index contributed by atoms with van der Waals surface area (Å²) in [5.41, 5.74) is 0.566. The molecule has 0 bridgehead atoms. The van der Waals surface area contributed by atoms with Crippen molar-refractivity contribution < 1.29 is 22.7 Å². The molecule has 0 N–H and O–H groups in total. The summed E-state index contributed by atoms with van der Waals surface area (Å²) in [4.78, 5) is 16.8. The smallest absolute Gasteiger partial charge is 0.423 e. The van der Waals surface area contributed by atoms with Crippen LogP contribution < -0.4 is 9.64 Å². The van der Waals surface area contributed by atoms with Crippen LogP contribution in [0.2, 0.25) is 0 Å². The van der Waals surface area contributed by atoms with Crippen molar-refractivity contribution in [3.8, 4) is 11.8 Å². The molecule has 1 aromatic heterocycles. The predicted octanol–water partition coefficient (Wildman–Crippen LogP) is 3.17. The van der Waals surface area contributed by atoms with Crippen molar-refractivity contribution in [3.05, 3.63) is 53.1 Å². The van der Waals surface area contributed by atoms with Crippen LogP contribution in [0.1, 0.15) is 23.7 Å². The number of rotatable bonds is 3. The van der Waals surface area contributed by atoms with Crippen LogP contribution >= 0.6 is 0 Å². The fourth-order valence-electron chi connectivity index (χ4n) is 2.66. The lowest BCUT2D eigenvalue weighted by atomic mass is 10.1. The van der Waals surface area contributed by atoms with Gasteiger partial charge in [0, 0.05) is 11.8 Å². The summed E-state index contributed by atoms with van der Waals surface area (Å²) in [5, 5.41) is 8.88. The van der Waals surface area contributed by atoms with Crippen LogP contribution in [0.15, 0.2) is 30.5 Å². The number of amides is 1. The third kappa shape index (κ3) is 2.89. The maximum atomic E-state index is 14.0. The van der Waals surface area contributed by atoms with Gasteiger partial charge in [-0.1, -0.05) is 6.92 Å². The van der Waals surface area contributed by atoms with Gasteiger partial charge < -0.3 is 4.74 Å². The molecular weight excluding hydrogens is 335 g/mol. The number of nitriles is 1. The first-order valence-electron chi connectivity index (χ1n) is 7.42. The first-order chi connectivity index (χ1) is 11.9. The largest absolute Gasteiger partial charge is 0.483 e. The van der Waals surface area contributed by atoms with E-state index in [0.29, 0.717) is 5.56 Å². The van der Waals surface area contributed by atoms with Gasteiger partial charge in [0.05, 0.1) is 12.2 Å². The van der Waals surface area contributed by atoms with Gasteiger partial charge in [-0.25, -0.2) is 9.37 Å². The molecule has 0 fully saturated rings. The number of hydrogen-bond donors (Lipinski definition) is 0. The van der Waals surface area contributed by atoms with Gasteiger partial charge in [0.15, 0.2) is 5.75 Å². The maximum absolute atomic E-state index is 14.0. The van der Waals surface area contributed by atoms with Gasteiger partial charge in [0.1, 0.15) is 17.6 Å². The highest BCUT2D eigenvalue weighted by Gasteiger charge is 2.51. The van der Waals surface area contributed by atoms with Gasteiger partial charge in [-0.15, -0.1) is 0 Å². The van der Waals surface area contributed by atoms with Gasteiger partial charge in [0.25, 0.3) is 0 Å². The molecule has 128 valence electrons. The van der Waals surface area contributed by atoms with Crippen LogP contribution in [-0.4, -0.2) is 17.0 Å². The molecule has 0 saturated heterocycles. The number of halogens is 3. The lowest BCUT2D eigenvalue weighted by Gasteiger charge is -2.34. The predicted molar refractivity (Wildman–Crippen MR) is 81.5 cm³/mol. The monoisotopic (exact) mass is 347 g/mol. The molecule has 2 aromatic rings. The van der Waals surface area contributed by atoms with Crippen molar-refractivity contribution >= 4 is 11.6 Å². The summed E-state index contributed by atoms with van der Waals surface area (Å²) >= 11 is 0. The van der Waals surface area contributed by atoms with Gasteiger partial charge in [-0.2, -0.15) is 14.0 Å². The number of ether oxygens (including phenoxy) is 1. The molecule has 0 atom stereocenters. The van der Waals surface area contributed by atoms with E-state index in [9.17, 15) is 18.0 Å². The van der Waals surface area contributed by atoms with Gasteiger partial charge in [0.2, 0.25) is 0 Å². The lowest BCUT2D eigenvalue weighted by Crippen LogP contribution is -2.50. The molecule has 3 rings (SSSR count). The number of benzene rings is 1. The Kier molecular flexibility index (Phi) is 4.08. The molecular formula is C17H12F3N3O2. The van der Waals surface area contributed by atoms with E-state index < -0.39 is 17.8 Å². The minimum Gasteiger partial charge on any atom is -0.423 e. The Morgan fingerprint density at radius 2 is 2.12 bits per heavy atom. The zero-order valence-corrected chi connectivity index (χ0v) is 13.1. The Balaban J connectivity index is 2.10. The van der Waals surface area contributed by atoms with Crippen molar-refractivity contribution in [1.29, 1.82) is 5.26 Å². The lowest BCUT2D eigenvalue weighted by molar-refractivity contribution is -0.193. The van der Waals surface area contributed by atoms with Crippen LogP contribution in [0.5, 0.6) is 5.75 Å². The quantitative estimate of drug-likeness (QED) is 0.855. The van der Waals surface area contributed by atoms with E-state index >= 15 is 0 Å². The van der Waals surface area contributed by atoms with E-state index in [1.54, 1.807) is 6.92 Å². The molecule has 1 amide bonds. The number of anilines is 1. The molecule has 0 saturated carbocycles. The van der Waals surface area contributed by atoms with Crippen LogP contribution in [0.25, 0.3) is 0 Å². The Morgan fingerprint density at radius 3 is 2.80 bits per heavy atom. The number of aromatic nitrogens is 1. The first kappa shape index (κ1) is 16.8. The molecule has 0 spiro atoms. The summed E-state index contributed by atoms with van der Waals surface area (Å²) in [7, 11) is 0. The number of carbonyl (C=O) groups excluding carboxylic acids is 1. The Bertz CT molecular complexity index is 893. The van der Waals surface area contributed by atoms with Crippen LogP contribution in [0.3, 0.4) is 0 Å². The summed E-state index contributed by atoms with van der Waals surface area (Å²) in [6, 6.07) is 7.07. The number of alkyl halides is 2. The Labute approximate surface area is 141 Å². The summed E-state index contributed by atoms with van der Waals surface area (Å²) in [6.07, 6.45) is -2.63. The normalized spacial score (nSPS) is 15.3. The van der Waals surface area contributed by atoms with E-state index in [1.807, 2.05) is 6.07 Å². The molecule has 1 aliphatic heterocycles. The van der Waals surface area contributed by atoms with Gasteiger partial charge >= 0.3 is 12.0 Å². The van der Waals surface area contributed by atoms with Crippen molar-refractivity contribution in [2.75, 3.05) is 4.90 Å². The van der Waals surface area contributed by atoms with E-state index in [1.165, 1.54) is 24.4 Å². The third-order valence-corrected chi connectivity index (χ3v) is 3.83. The molecule has 25 heavy (non-hydrogen) atoms. The van der Waals surface area contributed by atoms with E-state index in [0.717, 1.165) is 11.0 Å². The standard InChI is InChI=1S/C17H12F3N3O2/c1-2-12-13(18)3-4-14-15(12)25-17(19,20)16(24)23(14)9-10-5-6-22-11(7-10)8-21/h3-7H,2,9H2,1H3. The Hall–Kier alpha value is -3.08. The maximum Gasteiger partial charge on any atom is 0.483 e. The SMILES string of the molecule is CCc1c(F)ccc2c1OC(F)(F)C(=O)N2Cc1ccnc(C#N)c1. The molecule has 0 radical (unpaired) electrons. The minimum atomic E-state index is -4.10. The van der Waals surface area contributed by atoms with E-state index in [4.69, 9.17) is 5.26 Å². The second kappa shape index (κ2) is 6.09. The number of fused-ring (bicyclic) bond motifs is 1. The minimum absolute atomic E-state index is 0.0258. The molecule has 2 heterocycles. The highest BCUT2D eigenvalue weighted by molar-refractivity contribution is 6.01. The van der Waals surface area contributed by atoms with Gasteiger partial charge in [-0.3, -0.25) is 9.69 Å². The van der Waals surface area contributed by atoms with E-state index in [-0.39, 0.29) is 35.7 Å². The average Bonchev–Trinajstić information content (AvgIpc) is 2.59. The third-order valence-electron chi connectivity index (χ3n) is 3.83. The second-order valence-corrected chi connectivity index (χ2v) is 5.40. The second-order valence-electron chi connectivity index (χ2n) is 5.40. The van der Waals surface area contributed by atoms with Crippen molar-refractivity contribution in [2.24, 2.45) is 0 Å². The zero-order valence-electron chi connectivity index (χ0n) is 13.1. The fraction of sp³-hybridized carbons (Fsp3) is 0.235. The van der Waals surface area contributed by atoms with E-state index in [2.05, 4.69) is 9.72 Å². The summed E-state index contributed by atoms with van der Waals surface area (Å²) < 4.78 is 46.5. The van der Waals surface area contributed by atoms with Crippen LogP contribution in [0, 0.1) is 17.1 Å². The highest BCUT2D eigenvalue weighted by atomic mass is 19.3. The topological polar surface area (TPSA) is 66.2 Å². The number of hydrogen-bond acceptors (Lipinski definition) is 4. The van der Waals surface area contributed by atoms with Crippen LogP contribution in [-0.2, 0) is 17.8 Å². The molecule has 1 aromatic carbocycles. The zero-order chi connectivity index (χ0) is 18.2. The van der Waals surface area contributed by atoms with Gasteiger partial charge in [-0.05, 0) is 36.2 Å². The Morgan fingerprint density at radius 1 is 1.36 bits per heavy atom.